The number of aromatic nitrogens is 2. The summed E-state index contributed by atoms with van der Waals surface area (Å²) in [7, 11) is 0. The van der Waals surface area contributed by atoms with Gasteiger partial charge >= 0.3 is 0 Å². The average molecular weight is 495 g/mol. The first kappa shape index (κ1) is 24.1. The molecule has 3 heterocycles. The van der Waals surface area contributed by atoms with Gasteiger partial charge < -0.3 is 19.5 Å². The van der Waals surface area contributed by atoms with Gasteiger partial charge in [0, 0.05) is 19.0 Å². The lowest BCUT2D eigenvalue weighted by atomic mass is 9.95. The van der Waals surface area contributed by atoms with Crippen molar-refractivity contribution in [1.29, 1.82) is 0 Å². The highest BCUT2D eigenvalue weighted by molar-refractivity contribution is 5.93. The van der Waals surface area contributed by atoms with Crippen molar-refractivity contribution in [2.75, 3.05) is 13.1 Å². The van der Waals surface area contributed by atoms with E-state index in [9.17, 15) is 18.4 Å². The van der Waals surface area contributed by atoms with Gasteiger partial charge in [0.2, 0.25) is 5.91 Å². The summed E-state index contributed by atoms with van der Waals surface area (Å²) in [5.74, 6) is -1.01. The van der Waals surface area contributed by atoms with E-state index in [2.05, 4.69) is 10.3 Å². The van der Waals surface area contributed by atoms with E-state index < -0.39 is 0 Å². The second-order valence-corrected chi connectivity index (χ2v) is 9.39. The van der Waals surface area contributed by atoms with Gasteiger partial charge in [-0.2, -0.15) is 0 Å². The van der Waals surface area contributed by atoms with Crippen molar-refractivity contribution >= 4 is 11.8 Å². The maximum Gasteiger partial charge on any atom is 0.274 e. The average Bonchev–Trinajstić information content (AvgIpc) is 3.32. The van der Waals surface area contributed by atoms with Gasteiger partial charge in [-0.25, -0.2) is 13.8 Å². The molecule has 5 rings (SSSR count). The minimum Gasteiger partial charge on any atom is -0.365 e. The van der Waals surface area contributed by atoms with Crippen LogP contribution in [0.5, 0.6) is 0 Å². The summed E-state index contributed by atoms with van der Waals surface area (Å²) >= 11 is 0. The lowest BCUT2D eigenvalue weighted by molar-refractivity contribution is -0.127. The molecule has 0 spiro atoms. The molecule has 0 bridgehead atoms. The Labute approximate surface area is 208 Å². The van der Waals surface area contributed by atoms with E-state index >= 15 is 0 Å². The molecule has 1 saturated heterocycles. The summed E-state index contributed by atoms with van der Waals surface area (Å²) in [6.07, 6.45) is 2.54. The largest absolute Gasteiger partial charge is 0.365 e. The Morgan fingerprint density at radius 3 is 2.33 bits per heavy atom. The summed E-state index contributed by atoms with van der Waals surface area (Å²) < 4.78 is 34.3. The molecule has 9 heteroatoms. The van der Waals surface area contributed by atoms with Gasteiger partial charge in [-0.3, -0.25) is 9.59 Å². The van der Waals surface area contributed by atoms with Gasteiger partial charge in [0.05, 0.1) is 31.2 Å². The van der Waals surface area contributed by atoms with Crippen LogP contribution in [-0.4, -0.2) is 39.4 Å². The van der Waals surface area contributed by atoms with Crippen LogP contribution in [0.25, 0.3) is 0 Å². The van der Waals surface area contributed by atoms with Crippen molar-refractivity contribution in [2.24, 2.45) is 5.92 Å². The molecule has 2 aliphatic heterocycles. The van der Waals surface area contributed by atoms with Crippen LogP contribution in [0.1, 0.15) is 59.2 Å². The number of imidazole rings is 1. The molecule has 3 aromatic rings. The first-order valence-corrected chi connectivity index (χ1v) is 12.1. The fraction of sp³-hybridized carbons (Fsp3) is 0.370. The Morgan fingerprint density at radius 2 is 1.67 bits per heavy atom. The van der Waals surface area contributed by atoms with Gasteiger partial charge in [-0.15, -0.1) is 0 Å². The third-order valence-corrected chi connectivity index (χ3v) is 7.06. The number of carbonyl (C=O) groups excluding carboxylic acids is 2. The van der Waals surface area contributed by atoms with Gasteiger partial charge in [-0.05, 0) is 55.2 Å². The van der Waals surface area contributed by atoms with E-state index in [-0.39, 0.29) is 48.1 Å². The van der Waals surface area contributed by atoms with Gasteiger partial charge in [-0.1, -0.05) is 24.3 Å². The minimum atomic E-state index is -0.312. The summed E-state index contributed by atoms with van der Waals surface area (Å²) in [4.78, 5) is 32.1. The molecular weight excluding hydrogens is 466 g/mol. The Bertz CT molecular complexity index is 1230. The molecule has 2 aromatic carbocycles. The van der Waals surface area contributed by atoms with Crippen molar-refractivity contribution in [1.82, 2.24) is 19.8 Å². The summed E-state index contributed by atoms with van der Waals surface area (Å²) in [5, 5.41) is 3.00. The number of amides is 2. The lowest BCUT2D eigenvalue weighted by Gasteiger charge is -2.32. The van der Waals surface area contributed by atoms with E-state index in [0.29, 0.717) is 38.2 Å². The number of nitrogens with one attached hydrogen (secondary N) is 1. The Balaban J connectivity index is 1.16. The molecule has 36 heavy (non-hydrogen) atoms. The van der Waals surface area contributed by atoms with Crippen LogP contribution >= 0.6 is 0 Å². The number of nitrogens with zero attached hydrogens (tertiary/aromatic N) is 3. The molecule has 0 unspecified atom stereocenters. The number of rotatable bonds is 5. The van der Waals surface area contributed by atoms with Crippen LogP contribution in [0.4, 0.5) is 8.78 Å². The Morgan fingerprint density at radius 1 is 1.03 bits per heavy atom. The van der Waals surface area contributed by atoms with Crippen LogP contribution in [-0.2, 0) is 22.7 Å². The zero-order valence-electron chi connectivity index (χ0n) is 20.0. The number of fused-ring (bicyclic) bond motifs is 1. The van der Waals surface area contributed by atoms with Crippen molar-refractivity contribution in [2.45, 2.75) is 45.1 Å². The normalized spacial score (nSPS) is 19.0. The first-order valence-electron chi connectivity index (χ1n) is 12.1. The Hall–Kier alpha value is -3.59. The van der Waals surface area contributed by atoms with Crippen molar-refractivity contribution < 1.29 is 23.1 Å². The van der Waals surface area contributed by atoms with E-state index in [1.54, 1.807) is 35.5 Å². The molecule has 0 radical (unpaired) electrons. The van der Waals surface area contributed by atoms with Crippen LogP contribution in [0.15, 0.2) is 54.9 Å². The molecule has 1 N–H and O–H groups in total. The lowest BCUT2D eigenvalue weighted by Crippen LogP contribution is -2.43. The van der Waals surface area contributed by atoms with Crippen molar-refractivity contribution in [3.05, 3.63) is 89.0 Å². The number of ether oxygens (including phenoxy) is 1. The molecule has 2 atom stereocenters. The molecule has 7 nitrogen and oxygen atoms in total. The van der Waals surface area contributed by atoms with Gasteiger partial charge in [0.1, 0.15) is 17.7 Å². The number of likely N-dealkylation sites (tertiary alicyclic amines) is 1. The van der Waals surface area contributed by atoms with E-state index in [0.717, 1.165) is 16.8 Å². The highest BCUT2D eigenvalue weighted by Gasteiger charge is 2.32. The van der Waals surface area contributed by atoms with Gasteiger partial charge in [0.15, 0.2) is 5.69 Å². The van der Waals surface area contributed by atoms with Crippen LogP contribution in [0, 0.1) is 17.6 Å². The molecule has 1 aromatic heterocycles. The zero-order valence-corrected chi connectivity index (χ0v) is 20.0. The zero-order chi connectivity index (χ0) is 25.2. The number of piperidine rings is 1. The number of carbonyl (C=O) groups is 2. The summed E-state index contributed by atoms with van der Waals surface area (Å²) in [6, 6.07) is 12.1. The van der Waals surface area contributed by atoms with Crippen LogP contribution < -0.4 is 5.32 Å². The molecule has 188 valence electrons. The van der Waals surface area contributed by atoms with E-state index in [1.165, 1.54) is 24.3 Å². The van der Waals surface area contributed by atoms with Gasteiger partial charge in [0.25, 0.3) is 5.91 Å². The predicted octanol–water partition coefficient (Wildman–Crippen LogP) is 4.16. The number of hydrogen-bond donors (Lipinski definition) is 1. The number of hydrogen-bond acceptors (Lipinski definition) is 4. The highest BCUT2D eigenvalue weighted by Crippen LogP contribution is 2.29. The SMILES string of the molecule is C[C@@H](NC(=O)C1CCN(C(=O)c2ncn3c2CO[C@H](c2ccc(F)cc2)C3)CC1)c1ccc(F)cc1. The Kier molecular flexibility index (Phi) is 6.82. The molecular formula is C27H28F2N4O3. The van der Waals surface area contributed by atoms with E-state index in [4.69, 9.17) is 4.74 Å². The second-order valence-electron chi connectivity index (χ2n) is 9.39. The fourth-order valence-corrected chi connectivity index (χ4v) is 4.85. The quantitative estimate of drug-likeness (QED) is 0.578. The molecule has 0 saturated carbocycles. The number of halogens is 2. The first-order chi connectivity index (χ1) is 17.4. The summed E-state index contributed by atoms with van der Waals surface area (Å²) in [5.41, 5.74) is 2.82. The maximum atomic E-state index is 13.2. The van der Waals surface area contributed by atoms with Crippen LogP contribution in [0.3, 0.4) is 0 Å². The third-order valence-electron chi connectivity index (χ3n) is 7.06. The third kappa shape index (κ3) is 5.02. The van der Waals surface area contributed by atoms with Crippen molar-refractivity contribution in [3.8, 4) is 0 Å². The molecule has 1 fully saturated rings. The van der Waals surface area contributed by atoms with Crippen LogP contribution in [0.2, 0.25) is 0 Å². The van der Waals surface area contributed by atoms with E-state index in [1.807, 2.05) is 11.5 Å². The van der Waals surface area contributed by atoms with Crippen molar-refractivity contribution in [3.63, 3.8) is 0 Å². The second kappa shape index (κ2) is 10.2. The standard InChI is InChI=1S/C27H28F2N4O3/c1-17(18-2-6-21(28)7-3-18)31-26(34)20-10-12-32(13-11-20)27(35)25-23-15-36-24(14-33(23)16-30-25)19-4-8-22(29)9-5-19/h2-9,16-17,20,24H,10-15H2,1H3,(H,31,34)/t17-,24+/m1/s1. The highest BCUT2D eigenvalue weighted by atomic mass is 19.1. The monoisotopic (exact) mass is 494 g/mol. The predicted molar refractivity (Wildman–Crippen MR) is 128 cm³/mol. The molecule has 0 aliphatic carbocycles. The summed E-state index contributed by atoms with van der Waals surface area (Å²) in [6.45, 7) is 3.54. The molecule has 2 amide bonds. The number of benzene rings is 2. The topological polar surface area (TPSA) is 76.5 Å². The maximum absolute atomic E-state index is 13.2. The fourth-order valence-electron chi connectivity index (χ4n) is 4.85. The molecule has 2 aliphatic rings. The minimum absolute atomic E-state index is 0.0569. The smallest absolute Gasteiger partial charge is 0.274 e.